The maximum atomic E-state index is 3.62. The summed E-state index contributed by atoms with van der Waals surface area (Å²) >= 11 is 0. The molecule has 88 valence electrons. The smallest absolute Gasteiger partial charge is 0.00682 e. The predicted molar refractivity (Wildman–Crippen MR) is 66.0 cm³/mol. The van der Waals surface area contributed by atoms with Gasteiger partial charge in [-0.1, -0.05) is 39.0 Å². The van der Waals surface area contributed by atoms with Gasteiger partial charge in [0.1, 0.15) is 0 Å². The lowest BCUT2D eigenvalue weighted by Crippen LogP contribution is -2.19. The second kappa shape index (κ2) is 5.89. The van der Waals surface area contributed by atoms with E-state index in [0.717, 1.165) is 17.9 Å². The van der Waals surface area contributed by atoms with Gasteiger partial charge in [-0.25, -0.2) is 0 Å². The molecule has 2 aliphatic carbocycles. The standard InChI is InChI=1S/C14H27N/c1-2-12-5-7-13(8-6-12)4-3-11-15-14-9-10-14/h12-15H,2-11H2,1H3. The Labute approximate surface area is 95.0 Å². The van der Waals surface area contributed by atoms with Gasteiger partial charge in [0, 0.05) is 6.04 Å². The molecule has 15 heavy (non-hydrogen) atoms. The third-order valence-electron chi connectivity index (χ3n) is 4.34. The lowest BCUT2D eigenvalue weighted by Gasteiger charge is -2.27. The summed E-state index contributed by atoms with van der Waals surface area (Å²) < 4.78 is 0. The summed E-state index contributed by atoms with van der Waals surface area (Å²) in [6.45, 7) is 3.63. The fourth-order valence-electron chi connectivity index (χ4n) is 2.91. The minimum Gasteiger partial charge on any atom is -0.314 e. The van der Waals surface area contributed by atoms with Crippen LogP contribution in [0.5, 0.6) is 0 Å². The average molecular weight is 209 g/mol. The minimum absolute atomic E-state index is 0.904. The van der Waals surface area contributed by atoms with Gasteiger partial charge >= 0.3 is 0 Å². The largest absolute Gasteiger partial charge is 0.314 e. The van der Waals surface area contributed by atoms with E-state index in [1.165, 1.54) is 64.3 Å². The van der Waals surface area contributed by atoms with Gasteiger partial charge in [0.15, 0.2) is 0 Å². The molecule has 2 saturated carbocycles. The zero-order valence-corrected chi connectivity index (χ0v) is 10.3. The van der Waals surface area contributed by atoms with Crippen molar-refractivity contribution in [3.8, 4) is 0 Å². The minimum atomic E-state index is 0.904. The SMILES string of the molecule is CCC1CCC(CCCNC2CC2)CC1. The molecule has 0 bridgehead atoms. The molecule has 0 aromatic heterocycles. The fraction of sp³-hybridized carbons (Fsp3) is 1.00. The highest BCUT2D eigenvalue weighted by atomic mass is 14.9. The maximum absolute atomic E-state index is 3.62. The Hall–Kier alpha value is -0.0400. The highest BCUT2D eigenvalue weighted by Crippen LogP contribution is 2.32. The summed E-state index contributed by atoms with van der Waals surface area (Å²) in [5.74, 6) is 2.12. The van der Waals surface area contributed by atoms with Crippen molar-refractivity contribution in [2.24, 2.45) is 11.8 Å². The molecule has 1 heteroatoms. The van der Waals surface area contributed by atoms with Crippen molar-refractivity contribution in [1.82, 2.24) is 5.32 Å². The van der Waals surface area contributed by atoms with Gasteiger partial charge in [0.25, 0.3) is 0 Å². The highest BCUT2D eigenvalue weighted by molar-refractivity contribution is 4.80. The van der Waals surface area contributed by atoms with Crippen LogP contribution >= 0.6 is 0 Å². The van der Waals surface area contributed by atoms with Crippen LogP contribution < -0.4 is 5.32 Å². The molecule has 0 aliphatic heterocycles. The van der Waals surface area contributed by atoms with Crippen molar-refractivity contribution in [3.05, 3.63) is 0 Å². The van der Waals surface area contributed by atoms with Crippen molar-refractivity contribution >= 4 is 0 Å². The zero-order valence-electron chi connectivity index (χ0n) is 10.3. The van der Waals surface area contributed by atoms with Gasteiger partial charge in [-0.15, -0.1) is 0 Å². The fourth-order valence-corrected chi connectivity index (χ4v) is 2.91. The van der Waals surface area contributed by atoms with E-state index >= 15 is 0 Å². The van der Waals surface area contributed by atoms with Crippen LogP contribution in [-0.2, 0) is 0 Å². The van der Waals surface area contributed by atoms with E-state index in [9.17, 15) is 0 Å². The first-order chi connectivity index (χ1) is 7.38. The Morgan fingerprint density at radius 3 is 2.20 bits per heavy atom. The van der Waals surface area contributed by atoms with Crippen LogP contribution in [0.2, 0.25) is 0 Å². The van der Waals surface area contributed by atoms with Crippen molar-refractivity contribution in [1.29, 1.82) is 0 Å². The monoisotopic (exact) mass is 209 g/mol. The number of rotatable bonds is 6. The van der Waals surface area contributed by atoms with Crippen LogP contribution in [0, 0.1) is 11.8 Å². The molecule has 2 fully saturated rings. The molecule has 0 saturated heterocycles. The molecule has 2 aliphatic rings. The lowest BCUT2D eigenvalue weighted by molar-refractivity contribution is 0.255. The Morgan fingerprint density at radius 1 is 0.933 bits per heavy atom. The summed E-state index contributed by atoms with van der Waals surface area (Å²) in [6.07, 6.45) is 13.2. The van der Waals surface area contributed by atoms with Crippen molar-refractivity contribution in [2.45, 2.75) is 70.8 Å². The van der Waals surface area contributed by atoms with Crippen molar-refractivity contribution < 1.29 is 0 Å². The quantitative estimate of drug-likeness (QED) is 0.657. The Bertz CT molecular complexity index is 166. The second-order valence-corrected chi connectivity index (χ2v) is 5.67. The van der Waals surface area contributed by atoms with E-state index < -0.39 is 0 Å². The molecule has 0 aromatic carbocycles. The summed E-state index contributed by atoms with van der Waals surface area (Å²) in [4.78, 5) is 0. The molecule has 2 rings (SSSR count). The van der Waals surface area contributed by atoms with Crippen LogP contribution in [0.15, 0.2) is 0 Å². The van der Waals surface area contributed by atoms with Gasteiger partial charge < -0.3 is 5.32 Å². The highest BCUT2D eigenvalue weighted by Gasteiger charge is 2.21. The Balaban J connectivity index is 1.48. The van der Waals surface area contributed by atoms with E-state index in [0.29, 0.717) is 0 Å². The first kappa shape index (κ1) is 11.4. The molecule has 1 nitrogen and oxygen atoms in total. The lowest BCUT2D eigenvalue weighted by atomic mass is 9.79. The first-order valence-electron chi connectivity index (χ1n) is 7.12. The molecule has 0 spiro atoms. The van der Waals surface area contributed by atoms with Crippen LogP contribution in [0.4, 0.5) is 0 Å². The van der Waals surface area contributed by atoms with Crippen LogP contribution in [0.3, 0.4) is 0 Å². The number of nitrogens with one attached hydrogen (secondary N) is 1. The first-order valence-corrected chi connectivity index (χ1v) is 7.12. The van der Waals surface area contributed by atoms with Crippen molar-refractivity contribution in [2.75, 3.05) is 6.54 Å². The molecule has 0 amide bonds. The van der Waals surface area contributed by atoms with E-state index in [4.69, 9.17) is 0 Å². The molecular weight excluding hydrogens is 182 g/mol. The van der Waals surface area contributed by atoms with E-state index in [-0.39, 0.29) is 0 Å². The Morgan fingerprint density at radius 2 is 1.60 bits per heavy atom. The summed E-state index contributed by atoms with van der Waals surface area (Å²) in [5.41, 5.74) is 0. The van der Waals surface area contributed by atoms with Gasteiger partial charge in [-0.05, 0) is 44.1 Å². The van der Waals surface area contributed by atoms with Crippen LogP contribution in [0.1, 0.15) is 64.7 Å². The van der Waals surface area contributed by atoms with E-state index in [2.05, 4.69) is 12.2 Å². The molecule has 1 N–H and O–H groups in total. The van der Waals surface area contributed by atoms with Gasteiger partial charge in [-0.2, -0.15) is 0 Å². The van der Waals surface area contributed by atoms with Crippen LogP contribution in [0.25, 0.3) is 0 Å². The van der Waals surface area contributed by atoms with Gasteiger partial charge in [0.2, 0.25) is 0 Å². The molecule has 0 radical (unpaired) electrons. The normalized spacial score (nSPS) is 31.8. The summed E-state index contributed by atoms with van der Waals surface area (Å²) in [7, 11) is 0. The van der Waals surface area contributed by atoms with Gasteiger partial charge in [0.05, 0.1) is 0 Å². The average Bonchev–Trinajstić information content (AvgIpc) is 3.09. The second-order valence-electron chi connectivity index (χ2n) is 5.67. The molecular formula is C14H27N. The van der Waals surface area contributed by atoms with E-state index in [1.807, 2.05) is 0 Å². The third-order valence-corrected chi connectivity index (χ3v) is 4.34. The molecule has 0 unspecified atom stereocenters. The molecule has 0 aromatic rings. The zero-order chi connectivity index (χ0) is 10.5. The number of hydrogen-bond donors (Lipinski definition) is 1. The predicted octanol–water partition coefficient (Wildman–Crippen LogP) is 3.74. The van der Waals surface area contributed by atoms with Gasteiger partial charge in [-0.3, -0.25) is 0 Å². The molecule has 0 heterocycles. The van der Waals surface area contributed by atoms with Crippen molar-refractivity contribution in [3.63, 3.8) is 0 Å². The van der Waals surface area contributed by atoms with Crippen LogP contribution in [-0.4, -0.2) is 12.6 Å². The molecule has 0 atom stereocenters. The summed E-state index contributed by atoms with van der Waals surface area (Å²) in [5, 5.41) is 3.62. The third kappa shape index (κ3) is 4.14. The Kier molecular flexibility index (Phi) is 4.49. The number of hydrogen-bond acceptors (Lipinski definition) is 1. The van der Waals surface area contributed by atoms with E-state index in [1.54, 1.807) is 0 Å². The summed E-state index contributed by atoms with van der Waals surface area (Å²) in [6, 6.07) is 0.904. The topological polar surface area (TPSA) is 12.0 Å². The maximum Gasteiger partial charge on any atom is 0.00682 e.